The topological polar surface area (TPSA) is 55.6 Å². The number of carbonyl (C=O) groups excluding carboxylic acids is 1. The number of nitrogens with zero attached hydrogens (tertiary/aromatic N) is 1. The number of rotatable bonds is 6. The molecule has 0 atom stereocenters. The second-order valence-corrected chi connectivity index (χ2v) is 6.33. The number of anilines is 1. The summed E-state index contributed by atoms with van der Waals surface area (Å²) in [4.78, 5) is 11.9. The molecule has 4 heteroatoms. The van der Waals surface area contributed by atoms with Crippen LogP contribution in [0.25, 0.3) is 0 Å². The molecule has 2 N–H and O–H groups in total. The Labute approximate surface area is 128 Å². The van der Waals surface area contributed by atoms with Crippen LogP contribution in [-0.4, -0.2) is 11.7 Å². The molecule has 21 heavy (non-hydrogen) atoms. The summed E-state index contributed by atoms with van der Waals surface area (Å²) in [5.41, 5.74) is 1.36. The zero-order valence-electron chi connectivity index (χ0n) is 13.7. The van der Waals surface area contributed by atoms with E-state index in [4.69, 9.17) is 10.6 Å². The Morgan fingerprint density at radius 1 is 1.14 bits per heavy atom. The van der Waals surface area contributed by atoms with Gasteiger partial charge in [0.1, 0.15) is 5.60 Å². The SMILES string of the molecule is CCCCCCc1ccc(N(N)C(=O)OC(C)(C)C)cc1. The zero-order valence-corrected chi connectivity index (χ0v) is 13.7. The van der Waals surface area contributed by atoms with Crippen LogP contribution >= 0.6 is 0 Å². The van der Waals surface area contributed by atoms with Gasteiger partial charge in [0, 0.05) is 0 Å². The Hall–Kier alpha value is -1.55. The molecule has 0 aliphatic heterocycles. The summed E-state index contributed by atoms with van der Waals surface area (Å²) in [6.45, 7) is 7.66. The fourth-order valence-corrected chi connectivity index (χ4v) is 2.00. The number of benzene rings is 1. The summed E-state index contributed by atoms with van der Waals surface area (Å²) < 4.78 is 5.24. The van der Waals surface area contributed by atoms with Crippen molar-refractivity contribution in [1.29, 1.82) is 0 Å². The summed E-state index contributed by atoms with van der Waals surface area (Å²) in [6.07, 6.45) is 5.52. The third kappa shape index (κ3) is 6.63. The van der Waals surface area contributed by atoms with Crippen LogP contribution in [0.2, 0.25) is 0 Å². The predicted octanol–water partition coefficient (Wildman–Crippen LogP) is 4.42. The summed E-state index contributed by atoms with van der Waals surface area (Å²) in [5.74, 6) is 5.79. The standard InChI is InChI=1S/C17H28N2O2/c1-5-6-7-8-9-14-10-12-15(13-11-14)19(18)16(20)21-17(2,3)4/h10-13H,5-9,18H2,1-4H3. The number of nitrogens with two attached hydrogens (primary N) is 1. The Morgan fingerprint density at radius 3 is 2.29 bits per heavy atom. The first-order valence-corrected chi connectivity index (χ1v) is 7.70. The molecule has 0 saturated heterocycles. The maximum absolute atomic E-state index is 11.9. The van der Waals surface area contributed by atoms with E-state index >= 15 is 0 Å². The maximum atomic E-state index is 11.9. The van der Waals surface area contributed by atoms with Crippen LogP contribution in [0.3, 0.4) is 0 Å². The third-order valence-electron chi connectivity index (χ3n) is 3.12. The number of hydrogen-bond donors (Lipinski definition) is 1. The van der Waals surface area contributed by atoms with Gasteiger partial charge in [0.2, 0.25) is 0 Å². The molecule has 0 bridgehead atoms. The summed E-state index contributed by atoms with van der Waals surface area (Å²) in [6, 6.07) is 7.76. The van der Waals surface area contributed by atoms with Gasteiger partial charge in [0.15, 0.2) is 0 Å². The Kier molecular flexibility index (Phi) is 6.69. The van der Waals surface area contributed by atoms with Gasteiger partial charge in [-0.2, -0.15) is 0 Å². The average molecular weight is 292 g/mol. The highest BCUT2D eigenvalue weighted by molar-refractivity contribution is 5.86. The van der Waals surface area contributed by atoms with Crippen molar-refractivity contribution in [3.8, 4) is 0 Å². The molecule has 0 aromatic heterocycles. The van der Waals surface area contributed by atoms with E-state index in [0.29, 0.717) is 5.69 Å². The molecule has 118 valence electrons. The highest BCUT2D eigenvalue weighted by Crippen LogP contribution is 2.17. The van der Waals surface area contributed by atoms with E-state index in [0.717, 1.165) is 11.4 Å². The second-order valence-electron chi connectivity index (χ2n) is 6.33. The highest BCUT2D eigenvalue weighted by atomic mass is 16.6. The van der Waals surface area contributed by atoms with Gasteiger partial charge >= 0.3 is 6.09 Å². The lowest BCUT2D eigenvalue weighted by molar-refractivity contribution is 0.0580. The predicted molar refractivity (Wildman–Crippen MR) is 87.2 cm³/mol. The fourth-order valence-electron chi connectivity index (χ4n) is 2.00. The third-order valence-corrected chi connectivity index (χ3v) is 3.12. The molecular formula is C17H28N2O2. The lowest BCUT2D eigenvalue weighted by Gasteiger charge is -2.24. The second kappa shape index (κ2) is 8.03. The van der Waals surface area contributed by atoms with Gasteiger partial charge in [-0.3, -0.25) is 0 Å². The van der Waals surface area contributed by atoms with Crippen LogP contribution in [0.15, 0.2) is 24.3 Å². The number of aryl methyl sites for hydroxylation is 1. The minimum atomic E-state index is -0.548. The quantitative estimate of drug-likeness (QED) is 0.365. The minimum Gasteiger partial charge on any atom is -0.442 e. The monoisotopic (exact) mass is 292 g/mol. The number of unbranched alkanes of at least 4 members (excludes halogenated alkanes) is 3. The maximum Gasteiger partial charge on any atom is 0.429 e. The van der Waals surface area contributed by atoms with Crippen molar-refractivity contribution in [2.75, 3.05) is 5.01 Å². The van der Waals surface area contributed by atoms with Crippen molar-refractivity contribution >= 4 is 11.8 Å². The molecule has 0 radical (unpaired) electrons. The fraction of sp³-hybridized carbons (Fsp3) is 0.588. The Balaban J connectivity index is 2.54. The molecule has 0 saturated carbocycles. The van der Waals surface area contributed by atoms with Crippen molar-refractivity contribution in [3.05, 3.63) is 29.8 Å². The van der Waals surface area contributed by atoms with E-state index in [1.807, 2.05) is 45.0 Å². The van der Waals surface area contributed by atoms with Crippen molar-refractivity contribution in [3.63, 3.8) is 0 Å². The number of ether oxygens (including phenoxy) is 1. The molecule has 0 aliphatic carbocycles. The van der Waals surface area contributed by atoms with E-state index < -0.39 is 11.7 Å². The smallest absolute Gasteiger partial charge is 0.429 e. The van der Waals surface area contributed by atoms with Crippen molar-refractivity contribution in [2.24, 2.45) is 5.84 Å². The molecule has 1 aromatic rings. The first-order valence-electron chi connectivity index (χ1n) is 7.70. The van der Waals surface area contributed by atoms with Crippen LogP contribution in [-0.2, 0) is 11.2 Å². The first kappa shape index (κ1) is 17.5. The van der Waals surface area contributed by atoms with Gasteiger partial charge in [-0.1, -0.05) is 38.3 Å². The van der Waals surface area contributed by atoms with Gasteiger partial charge in [-0.25, -0.2) is 15.6 Å². The van der Waals surface area contributed by atoms with Gasteiger partial charge in [0.25, 0.3) is 0 Å². The van der Waals surface area contributed by atoms with E-state index in [1.54, 1.807) is 0 Å². The van der Waals surface area contributed by atoms with Gasteiger partial charge in [-0.15, -0.1) is 0 Å². The lowest BCUT2D eigenvalue weighted by atomic mass is 10.1. The molecule has 0 spiro atoms. The normalized spacial score (nSPS) is 11.3. The summed E-state index contributed by atoms with van der Waals surface area (Å²) in [7, 11) is 0. The summed E-state index contributed by atoms with van der Waals surface area (Å²) >= 11 is 0. The highest BCUT2D eigenvalue weighted by Gasteiger charge is 2.21. The number of hydrogen-bond acceptors (Lipinski definition) is 3. The van der Waals surface area contributed by atoms with Gasteiger partial charge in [-0.05, 0) is 51.3 Å². The van der Waals surface area contributed by atoms with E-state index in [-0.39, 0.29) is 0 Å². The van der Waals surface area contributed by atoms with Crippen molar-refractivity contribution in [2.45, 2.75) is 65.4 Å². The molecule has 1 aromatic carbocycles. The molecule has 0 heterocycles. The van der Waals surface area contributed by atoms with E-state index in [1.165, 1.54) is 31.2 Å². The first-order chi connectivity index (χ1) is 9.83. The van der Waals surface area contributed by atoms with Crippen LogP contribution < -0.4 is 10.9 Å². The number of amides is 1. The summed E-state index contributed by atoms with van der Waals surface area (Å²) in [5, 5.41) is 1.05. The molecule has 0 unspecified atom stereocenters. The number of carbonyl (C=O) groups is 1. The van der Waals surface area contributed by atoms with Crippen LogP contribution in [0.1, 0.15) is 58.9 Å². The molecule has 1 rings (SSSR count). The Bertz CT molecular complexity index is 435. The van der Waals surface area contributed by atoms with E-state index in [2.05, 4.69) is 6.92 Å². The van der Waals surface area contributed by atoms with Crippen LogP contribution in [0.4, 0.5) is 10.5 Å². The largest absolute Gasteiger partial charge is 0.442 e. The molecule has 1 amide bonds. The lowest BCUT2D eigenvalue weighted by Crippen LogP contribution is -2.41. The van der Waals surface area contributed by atoms with Gasteiger partial charge < -0.3 is 4.74 Å². The number of hydrazine groups is 1. The molecular weight excluding hydrogens is 264 g/mol. The molecule has 0 aliphatic rings. The van der Waals surface area contributed by atoms with E-state index in [9.17, 15) is 4.79 Å². The van der Waals surface area contributed by atoms with Gasteiger partial charge in [0.05, 0.1) is 5.69 Å². The van der Waals surface area contributed by atoms with Crippen molar-refractivity contribution in [1.82, 2.24) is 0 Å². The molecule has 0 fully saturated rings. The van der Waals surface area contributed by atoms with Crippen LogP contribution in [0.5, 0.6) is 0 Å². The zero-order chi connectivity index (χ0) is 15.9. The average Bonchev–Trinajstić information content (AvgIpc) is 2.41. The Morgan fingerprint density at radius 2 is 1.76 bits per heavy atom. The minimum absolute atomic E-state index is 0.543. The van der Waals surface area contributed by atoms with Crippen molar-refractivity contribution < 1.29 is 9.53 Å². The van der Waals surface area contributed by atoms with Crippen LogP contribution in [0, 0.1) is 0 Å². The molecule has 4 nitrogen and oxygen atoms in total.